The number of halogens is 1. The van der Waals surface area contributed by atoms with Gasteiger partial charge in [0.2, 0.25) is 0 Å². The molecule has 0 atom stereocenters. The van der Waals surface area contributed by atoms with Gasteiger partial charge in [0, 0.05) is 42.6 Å². The summed E-state index contributed by atoms with van der Waals surface area (Å²) in [5, 5.41) is 4.18. The van der Waals surface area contributed by atoms with Crippen LogP contribution in [0.15, 0.2) is 16.6 Å². The van der Waals surface area contributed by atoms with Gasteiger partial charge in [-0.1, -0.05) is 0 Å². The Bertz CT molecular complexity index is 646. The van der Waals surface area contributed by atoms with Crippen LogP contribution in [-0.4, -0.2) is 47.0 Å². The summed E-state index contributed by atoms with van der Waals surface area (Å²) in [5.41, 5.74) is 7.17. The van der Waals surface area contributed by atoms with Crippen LogP contribution in [0.2, 0.25) is 0 Å². The SMILES string of the molecule is Cc1nc(CN=C(N)N2CCN(c3nccs3)CC2)c(C)s1.I. The summed E-state index contributed by atoms with van der Waals surface area (Å²) >= 11 is 3.39. The summed E-state index contributed by atoms with van der Waals surface area (Å²) in [6.07, 6.45) is 1.85. The van der Waals surface area contributed by atoms with E-state index in [4.69, 9.17) is 5.73 Å². The van der Waals surface area contributed by atoms with Gasteiger partial charge in [0.25, 0.3) is 0 Å². The van der Waals surface area contributed by atoms with Crippen LogP contribution in [0.4, 0.5) is 5.13 Å². The van der Waals surface area contributed by atoms with E-state index in [1.165, 1.54) is 4.88 Å². The topological polar surface area (TPSA) is 70.6 Å². The van der Waals surface area contributed by atoms with Crippen LogP contribution in [0, 0.1) is 13.8 Å². The molecule has 0 amide bonds. The van der Waals surface area contributed by atoms with Crippen LogP contribution >= 0.6 is 46.7 Å². The third kappa shape index (κ3) is 4.54. The Kier molecular flexibility index (Phi) is 6.60. The molecule has 23 heavy (non-hydrogen) atoms. The molecule has 1 aliphatic rings. The van der Waals surface area contributed by atoms with Crippen molar-refractivity contribution in [2.24, 2.45) is 10.7 Å². The van der Waals surface area contributed by atoms with Gasteiger partial charge in [-0.3, -0.25) is 0 Å². The third-order valence-corrected chi connectivity index (χ3v) is 5.44. The molecule has 0 spiro atoms. The number of anilines is 1. The van der Waals surface area contributed by atoms with Crippen molar-refractivity contribution in [2.45, 2.75) is 20.4 Å². The minimum Gasteiger partial charge on any atom is -0.370 e. The van der Waals surface area contributed by atoms with E-state index in [9.17, 15) is 0 Å². The highest BCUT2D eigenvalue weighted by atomic mass is 127. The number of nitrogens with two attached hydrogens (primary N) is 1. The zero-order valence-corrected chi connectivity index (χ0v) is 17.2. The highest BCUT2D eigenvalue weighted by Crippen LogP contribution is 2.19. The molecule has 0 radical (unpaired) electrons. The molecular formula is C14H21IN6S2. The number of aromatic nitrogens is 2. The first kappa shape index (κ1) is 18.4. The molecule has 0 aromatic carbocycles. The van der Waals surface area contributed by atoms with Crippen molar-refractivity contribution in [2.75, 3.05) is 31.1 Å². The molecule has 0 aliphatic carbocycles. The van der Waals surface area contributed by atoms with E-state index >= 15 is 0 Å². The molecule has 2 aromatic rings. The summed E-state index contributed by atoms with van der Waals surface area (Å²) in [6, 6.07) is 0. The lowest BCUT2D eigenvalue weighted by Crippen LogP contribution is -2.51. The smallest absolute Gasteiger partial charge is 0.191 e. The largest absolute Gasteiger partial charge is 0.370 e. The van der Waals surface area contributed by atoms with Crippen LogP contribution in [0.3, 0.4) is 0 Å². The number of nitrogens with zero attached hydrogens (tertiary/aromatic N) is 5. The second kappa shape index (κ2) is 8.25. The average Bonchev–Trinajstić information content (AvgIpc) is 3.15. The van der Waals surface area contributed by atoms with Crippen molar-refractivity contribution in [1.82, 2.24) is 14.9 Å². The number of aryl methyl sites for hydroxylation is 2. The van der Waals surface area contributed by atoms with Gasteiger partial charge < -0.3 is 15.5 Å². The van der Waals surface area contributed by atoms with Crippen molar-refractivity contribution in [3.8, 4) is 0 Å². The zero-order valence-electron chi connectivity index (χ0n) is 13.2. The standard InChI is InChI=1S/C14H20N6S2.HI/c1-10-12(18-11(2)22-10)9-17-13(15)19-4-6-20(7-5-19)14-16-3-8-21-14;/h3,8H,4-7,9H2,1-2H3,(H2,15,17);1H. The second-order valence-electron chi connectivity index (χ2n) is 5.20. The molecule has 1 aliphatic heterocycles. The normalized spacial score (nSPS) is 15.7. The van der Waals surface area contributed by atoms with Crippen LogP contribution < -0.4 is 10.6 Å². The molecule has 126 valence electrons. The maximum atomic E-state index is 6.14. The van der Waals surface area contributed by atoms with Gasteiger partial charge in [-0.05, 0) is 13.8 Å². The van der Waals surface area contributed by atoms with E-state index in [0.29, 0.717) is 12.5 Å². The number of guanidine groups is 1. The lowest BCUT2D eigenvalue weighted by atomic mass is 10.3. The molecular weight excluding hydrogens is 443 g/mol. The first-order chi connectivity index (χ1) is 10.6. The fourth-order valence-corrected chi connectivity index (χ4v) is 4.00. The van der Waals surface area contributed by atoms with Gasteiger partial charge >= 0.3 is 0 Å². The molecule has 2 N–H and O–H groups in total. The van der Waals surface area contributed by atoms with Gasteiger partial charge in [-0.2, -0.15) is 0 Å². The van der Waals surface area contributed by atoms with Crippen LogP contribution in [0.5, 0.6) is 0 Å². The maximum absolute atomic E-state index is 6.14. The predicted molar refractivity (Wildman–Crippen MR) is 108 cm³/mol. The van der Waals surface area contributed by atoms with Crippen molar-refractivity contribution < 1.29 is 0 Å². The Morgan fingerprint density at radius 2 is 2.04 bits per heavy atom. The average molecular weight is 464 g/mol. The third-order valence-electron chi connectivity index (χ3n) is 3.68. The molecule has 0 bridgehead atoms. The van der Waals surface area contributed by atoms with Crippen LogP contribution in [0.25, 0.3) is 0 Å². The molecule has 3 rings (SSSR count). The van der Waals surface area contributed by atoms with Gasteiger partial charge in [-0.25, -0.2) is 15.0 Å². The van der Waals surface area contributed by atoms with Crippen LogP contribution in [0.1, 0.15) is 15.6 Å². The van der Waals surface area contributed by atoms with E-state index in [-0.39, 0.29) is 24.0 Å². The lowest BCUT2D eigenvalue weighted by molar-refractivity contribution is 0.380. The zero-order chi connectivity index (χ0) is 15.5. The molecule has 1 fully saturated rings. The number of aliphatic imine (C=N–C) groups is 1. The Morgan fingerprint density at radius 1 is 1.30 bits per heavy atom. The van der Waals surface area contributed by atoms with E-state index in [0.717, 1.165) is 42.0 Å². The highest BCUT2D eigenvalue weighted by molar-refractivity contribution is 14.0. The molecule has 3 heterocycles. The van der Waals surface area contributed by atoms with Gasteiger partial charge in [0.1, 0.15) is 0 Å². The van der Waals surface area contributed by atoms with Crippen molar-refractivity contribution in [1.29, 1.82) is 0 Å². The van der Waals surface area contributed by atoms with Crippen molar-refractivity contribution in [3.05, 3.63) is 27.2 Å². The Balaban J connectivity index is 0.00000192. The highest BCUT2D eigenvalue weighted by Gasteiger charge is 2.19. The monoisotopic (exact) mass is 464 g/mol. The number of hydrogen-bond acceptors (Lipinski definition) is 6. The van der Waals surface area contributed by atoms with Crippen LogP contribution in [-0.2, 0) is 6.54 Å². The van der Waals surface area contributed by atoms with Gasteiger partial charge in [0.15, 0.2) is 11.1 Å². The van der Waals surface area contributed by atoms with E-state index in [1.807, 2.05) is 18.5 Å². The summed E-state index contributed by atoms with van der Waals surface area (Å²) in [4.78, 5) is 19.0. The summed E-state index contributed by atoms with van der Waals surface area (Å²) in [7, 11) is 0. The fraction of sp³-hybridized carbons (Fsp3) is 0.500. The maximum Gasteiger partial charge on any atom is 0.191 e. The molecule has 2 aromatic heterocycles. The van der Waals surface area contributed by atoms with Crippen molar-refractivity contribution in [3.63, 3.8) is 0 Å². The number of hydrogen-bond donors (Lipinski definition) is 1. The van der Waals surface area contributed by atoms with E-state index in [1.54, 1.807) is 22.7 Å². The number of rotatable bonds is 3. The Morgan fingerprint density at radius 3 is 2.61 bits per heavy atom. The summed E-state index contributed by atoms with van der Waals surface area (Å²) in [5.74, 6) is 0.615. The summed E-state index contributed by atoms with van der Waals surface area (Å²) in [6.45, 7) is 8.28. The summed E-state index contributed by atoms with van der Waals surface area (Å²) < 4.78 is 0. The first-order valence-corrected chi connectivity index (χ1v) is 8.95. The molecule has 1 saturated heterocycles. The van der Waals surface area contributed by atoms with Crippen molar-refractivity contribution >= 4 is 57.7 Å². The second-order valence-corrected chi connectivity index (χ2v) is 7.48. The van der Waals surface area contributed by atoms with Gasteiger partial charge in [0.05, 0.1) is 17.2 Å². The quantitative estimate of drug-likeness (QED) is 0.430. The Labute approximate surface area is 161 Å². The molecule has 0 saturated carbocycles. The van der Waals surface area contributed by atoms with E-state index < -0.39 is 0 Å². The lowest BCUT2D eigenvalue weighted by Gasteiger charge is -2.35. The number of piperazine rings is 1. The molecule has 0 unspecified atom stereocenters. The minimum atomic E-state index is 0. The molecule has 6 nitrogen and oxygen atoms in total. The minimum absolute atomic E-state index is 0. The number of thiazole rings is 2. The Hall–Kier alpha value is -0.940. The van der Waals surface area contributed by atoms with E-state index in [2.05, 4.69) is 31.7 Å². The molecule has 9 heteroatoms. The van der Waals surface area contributed by atoms with Gasteiger partial charge in [-0.15, -0.1) is 46.7 Å². The first-order valence-electron chi connectivity index (χ1n) is 7.25. The predicted octanol–water partition coefficient (Wildman–Crippen LogP) is 2.47. The fourth-order valence-electron chi connectivity index (χ4n) is 2.47.